The summed E-state index contributed by atoms with van der Waals surface area (Å²) in [6.45, 7) is 8.15. The second-order valence-corrected chi connectivity index (χ2v) is 9.56. The van der Waals surface area contributed by atoms with E-state index >= 15 is 0 Å². The van der Waals surface area contributed by atoms with E-state index in [1.54, 1.807) is 18.5 Å². The van der Waals surface area contributed by atoms with Crippen molar-refractivity contribution >= 4 is 22.4 Å². The standard InChI is InChI=1S/C22H30FN5OS/c1-15-5-4-10-28(14-15)17-7-11-27(12-8-17)21(29)19-13-25-22(30-19)26-16(2)20-18(23)6-3-9-24-20/h3,6,9,13,15-17H,4-5,7-8,10-12,14H2,1-2H3,(H,25,26)/t15-,16-/m0/s1. The van der Waals surface area contributed by atoms with Crippen LogP contribution in [-0.4, -0.2) is 57.9 Å². The number of pyridine rings is 1. The van der Waals surface area contributed by atoms with Gasteiger partial charge in [-0.15, -0.1) is 0 Å². The monoisotopic (exact) mass is 431 g/mol. The predicted molar refractivity (Wildman–Crippen MR) is 117 cm³/mol. The number of halogens is 1. The van der Waals surface area contributed by atoms with Crippen molar-refractivity contribution in [3.05, 3.63) is 40.9 Å². The van der Waals surface area contributed by atoms with E-state index in [1.165, 1.54) is 43.3 Å². The summed E-state index contributed by atoms with van der Waals surface area (Å²) in [5.41, 5.74) is 0.342. The van der Waals surface area contributed by atoms with Crippen molar-refractivity contribution in [3.8, 4) is 0 Å². The number of nitrogens with zero attached hydrogens (tertiary/aromatic N) is 4. The fourth-order valence-corrected chi connectivity index (χ4v) is 5.43. The fraction of sp³-hybridized carbons (Fsp3) is 0.591. The summed E-state index contributed by atoms with van der Waals surface area (Å²) in [4.78, 5) is 26.6. The van der Waals surface area contributed by atoms with E-state index in [1.807, 2.05) is 11.8 Å². The average Bonchev–Trinajstić information content (AvgIpc) is 3.22. The van der Waals surface area contributed by atoms with Gasteiger partial charge in [0.25, 0.3) is 5.91 Å². The summed E-state index contributed by atoms with van der Waals surface area (Å²) in [7, 11) is 0. The maximum absolute atomic E-state index is 13.9. The van der Waals surface area contributed by atoms with E-state index < -0.39 is 0 Å². The Hall–Kier alpha value is -2.06. The van der Waals surface area contributed by atoms with Crippen LogP contribution in [0.1, 0.15) is 60.9 Å². The van der Waals surface area contributed by atoms with Gasteiger partial charge in [0.1, 0.15) is 10.7 Å². The van der Waals surface area contributed by atoms with Crippen LogP contribution in [-0.2, 0) is 0 Å². The van der Waals surface area contributed by atoms with Crippen molar-refractivity contribution < 1.29 is 9.18 Å². The molecule has 2 atom stereocenters. The lowest BCUT2D eigenvalue weighted by Crippen LogP contribution is -2.49. The molecule has 2 aliphatic rings. The Morgan fingerprint density at radius 2 is 2.07 bits per heavy atom. The lowest BCUT2D eigenvalue weighted by atomic mass is 9.95. The third kappa shape index (κ3) is 4.81. The number of nitrogens with one attached hydrogen (secondary N) is 1. The largest absolute Gasteiger partial charge is 0.353 e. The van der Waals surface area contributed by atoms with Crippen molar-refractivity contribution in [2.24, 2.45) is 5.92 Å². The molecule has 1 amide bonds. The minimum atomic E-state index is -0.351. The molecule has 0 radical (unpaired) electrons. The summed E-state index contributed by atoms with van der Waals surface area (Å²) in [5, 5.41) is 3.76. The molecule has 4 heterocycles. The minimum Gasteiger partial charge on any atom is -0.353 e. The summed E-state index contributed by atoms with van der Waals surface area (Å²) < 4.78 is 13.9. The number of hydrogen-bond donors (Lipinski definition) is 1. The molecule has 2 fully saturated rings. The van der Waals surface area contributed by atoms with Gasteiger partial charge in [0.05, 0.1) is 17.9 Å². The van der Waals surface area contributed by atoms with Gasteiger partial charge in [0, 0.05) is 31.9 Å². The SMILES string of the molecule is C[C@H]1CCCN(C2CCN(C(=O)c3cnc(N[C@@H](C)c4ncccc4F)s3)CC2)C1. The Morgan fingerprint density at radius 3 is 2.80 bits per heavy atom. The predicted octanol–water partition coefficient (Wildman–Crippen LogP) is 4.19. The van der Waals surface area contributed by atoms with Crippen molar-refractivity contribution in [3.63, 3.8) is 0 Å². The van der Waals surface area contributed by atoms with E-state index in [-0.39, 0.29) is 17.8 Å². The number of anilines is 1. The molecule has 6 nitrogen and oxygen atoms in total. The first-order valence-electron chi connectivity index (χ1n) is 10.9. The highest BCUT2D eigenvalue weighted by molar-refractivity contribution is 7.17. The zero-order valence-electron chi connectivity index (χ0n) is 17.7. The number of carbonyl (C=O) groups excluding carboxylic acids is 1. The second-order valence-electron chi connectivity index (χ2n) is 8.53. The number of carbonyl (C=O) groups is 1. The third-order valence-electron chi connectivity index (χ3n) is 6.21. The van der Waals surface area contributed by atoms with Gasteiger partial charge in [0.2, 0.25) is 0 Å². The van der Waals surface area contributed by atoms with Gasteiger partial charge in [-0.1, -0.05) is 18.3 Å². The maximum Gasteiger partial charge on any atom is 0.265 e. The molecule has 0 aliphatic carbocycles. The topological polar surface area (TPSA) is 61.4 Å². The number of amides is 1. The van der Waals surface area contributed by atoms with Crippen LogP contribution in [0, 0.1) is 11.7 Å². The lowest BCUT2D eigenvalue weighted by molar-refractivity contribution is 0.0545. The summed E-state index contributed by atoms with van der Waals surface area (Å²) in [6.07, 6.45) is 7.90. The van der Waals surface area contributed by atoms with Crippen LogP contribution in [0.15, 0.2) is 24.5 Å². The molecule has 2 aromatic rings. The van der Waals surface area contributed by atoms with Gasteiger partial charge in [0.15, 0.2) is 5.13 Å². The normalized spacial score (nSPS) is 22.1. The van der Waals surface area contributed by atoms with Crippen molar-refractivity contribution in [2.45, 2.75) is 51.6 Å². The Labute approximate surface area is 181 Å². The van der Waals surface area contributed by atoms with Crippen molar-refractivity contribution in [1.29, 1.82) is 0 Å². The highest BCUT2D eigenvalue weighted by Crippen LogP contribution is 2.27. The Kier molecular flexibility index (Phi) is 6.63. The van der Waals surface area contributed by atoms with E-state index in [0.29, 0.717) is 21.7 Å². The summed E-state index contributed by atoms with van der Waals surface area (Å²) >= 11 is 1.32. The molecule has 8 heteroatoms. The molecular formula is C22H30FN5OS. The molecule has 4 rings (SSSR count). The highest BCUT2D eigenvalue weighted by Gasteiger charge is 2.30. The molecule has 2 saturated heterocycles. The summed E-state index contributed by atoms with van der Waals surface area (Å²) in [5.74, 6) is 0.475. The molecule has 0 spiro atoms. The smallest absolute Gasteiger partial charge is 0.265 e. The quantitative estimate of drug-likeness (QED) is 0.769. The van der Waals surface area contributed by atoms with Crippen LogP contribution in [0.25, 0.3) is 0 Å². The molecule has 0 unspecified atom stereocenters. The van der Waals surface area contributed by atoms with Gasteiger partial charge in [-0.05, 0) is 57.2 Å². The second kappa shape index (κ2) is 9.39. The Bertz CT molecular complexity index is 867. The number of likely N-dealkylation sites (tertiary alicyclic amines) is 2. The van der Waals surface area contributed by atoms with Crippen LogP contribution in [0.5, 0.6) is 0 Å². The molecule has 0 bridgehead atoms. The lowest BCUT2D eigenvalue weighted by Gasteiger charge is -2.41. The summed E-state index contributed by atoms with van der Waals surface area (Å²) in [6, 6.07) is 3.24. The van der Waals surface area contributed by atoms with Crippen LogP contribution in [0.3, 0.4) is 0 Å². The number of aromatic nitrogens is 2. The van der Waals surface area contributed by atoms with Gasteiger partial charge in [-0.25, -0.2) is 9.37 Å². The first-order chi connectivity index (χ1) is 14.5. The number of hydrogen-bond acceptors (Lipinski definition) is 6. The van der Waals surface area contributed by atoms with E-state index in [2.05, 4.69) is 27.1 Å². The zero-order chi connectivity index (χ0) is 21.1. The van der Waals surface area contributed by atoms with Crippen LogP contribution in [0.2, 0.25) is 0 Å². The van der Waals surface area contributed by atoms with Gasteiger partial charge >= 0.3 is 0 Å². The van der Waals surface area contributed by atoms with Crippen LogP contribution < -0.4 is 5.32 Å². The molecule has 162 valence electrons. The number of rotatable bonds is 5. The Balaban J connectivity index is 1.32. The average molecular weight is 432 g/mol. The van der Waals surface area contributed by atoms with Gasteiger partial charge in [-0.3, -0.25) is 14.7 Å². The molecule has 1 N–H and O–H groups in total. The zero-order valence-corrected chi connectivity index (χ0v) is 18.5. The first kappa shape index (κ1) is 21.2. The highest BCUT2D eigenvalue weighted by atomic mass is 32.1. The van der Waals surface area contributed by atoms with E-state index in [4.69, 9.17) is 0 Å². The van der Waals surface area contributed by atoms with Crippen molar-refractivity contribution in [2.75, 3.05) is 31.5 Å². The molecule has 0 aromatic carbocycles. The molecule has 2 aliphatic heterocycles. The first-order valence-corrected chi connectivity index (χ1v) is 11.7. The van der Waals surface area contributed by atoms with E-state index in [0.717, 1.165) is 31.8 Å². The van der Waals surface area contributed by atoms with E-state index in [9.17, 15) is 9.18 Å². The molecular weight excluding hydrogens is 401 g/mol. The van der Waals surface area contributed by atoms with Crippen LogP contribution >= 0.6 is 11.3 Å². The third-order valence-corrected chi connectivity index (χ3v) is 7.13. The fourth-order valence-electron chi connectivity index (χ4n) is 4.56. The number of thiazole rings is 1. The Morgan fingerprint density at radius 1 is 1.27 bits per heavy atom. The van der Waals surface area contributed by atoms with Gasteiger partial charge < -0.3 is 10.2 Å². The van der Waals surface area contributed by atoms with Gasteiger partial charge in [-0.2, -0.15) is 0 Å². The molecule has 30 heavy (non-hydrogen) atoms. The van der Waals surface area contributed by atoms with Crippen molar-refractivity contribution in [1.82, 2.24) is 19.8 Å². The van der Waals surface area contributed by atoms with Crippen LogP contribution in [0.4, 0.5) is 9.52 Å². The molecule has 2 aromatic heterocycles. The number of piperidine rings is 2. The minimum absolute atomic E-state index is 0.0441. The maximum atomic E-state index is 13.9. The molecule has 0 saturated carbocycles.